The zero-order valence-electron chi connectivity index (χ0n) is 21.5. The highest BCUT2D eigenvalue weighted by Crippen LogP contribution is 2.38. The molecule has 4 rings (SSSR count). The van der Waals surface area contributed by atoms with E-state index >= 15 is 0 Å². The second-order valence-electron chi connectivity index (χ2n) is 8.53. The molecule has 0 aliphatic carbocycles. The second kappa shape index (κ2) is 12.7. The summed E-state index contributed by atoms with van der Waals surface area (Å²) < 4.78 is 12.1. The van der Waals surface area contributed by atoms with Crippen molar-refractivity contribution in [1.82, 2.24) is 4.90 Å². The number of allylic oxidation sites excluding steroid dienone is 1. The van der Waals surface area contributed by atoms with E-state index in [9.17, 15) is 9.59 Å². The maximum atomic E-state index is 13.0. The van der Waals surface area contributed by atoms with E-state index in [2.05, 4.69) is 11.6 Å². The van der Waals surface area contributed by atoms with Gasteiger partial charge in [-0.2, -0.15) is 0 Å². The van der Waals surface area contributed by atoms with Gasteiger partial charge in [0.2, 0.25) is 0 Å². The van der Waals surface area contributed by atoms with Crippen molar-refractivity contribution in [3.8, 4) is 11.5 Å². The standard InChI is InChI=1S/C30H27ClN2O5S/c1-4-8-21-15-19(16-25(37-5-2)27(21)38-18-22-9-6-7-10-24(22)31)17-26-28(34)33(3)30(39-26)32-23-13-11-20(12-14-23)29(35)36/h4,6-7,9-17H,1,5,8,18H2,2-3H3,(H,35,36)/b26-17+,32-30?. The van der Waals surface area contributed by atoms with Gasteiger partial charge in [0.15, 0.2) is 16.7 Å². The third kappa shape index (κ3) is 6.71. The van der Waals surface area contributed by atoms with Gasteiger partial charge in [-0.15, -0.1) is 6.58 Å². The van der Waals surface area contributed by atoms with Gasteiger partial charge in [-0.3, -0.25) is 9.69 Å². The maximum Gasteiger partial charge on any atom is 0.335 e. The molecule has 9 heteroatoms. The molecule has 1 amide bonds. The molecule has 0 unspecified atom stereocenters. The van der Waals surface area contributed by atoms with Crippen LogP contribution in [0.25, 0.3) is 6.08 Å². The average Bonchev–Trinajstić information content (AvgIpc) is 3.17. The maximum absolute atomic E-state index is 13.0. The molecule has 3 aromatic rings. The number of amidine groups is 1. The van der Waals surface area contributed by atoms with Crippen LogP contribution in [-0.2, 0) is 17.8 Å². The van der Waals surface area contributed by atoms with Crippen LogP contribution in [0.2, 0.25) is 5.02 Å². The third-order valence-corrected chi connectivity index (χ3v) is 7.22. The van der Waals surface area contributed by atoms with Gasteiger partial charge < -0.3 is 14.6 Å². The summed E-state index contributed by atoms with van der Waals surface area (Å²) in [4.78, 5) is 30.6. The van der Waals surface area contributed by atoms with E-state index < -0.39 is 5.97 Å². The lowest BCUT2D eigenvalue weighted by Crippen LogP contribution is -2.23. The van der Waals surface area contributed by atoms with Crippen molar-refractivity contribution in [2.75, 3.05) is 13.7 Å². The highest BCUT2D eigenvalue weighted by Gasteiger charge is 2.30. The molecule has 1 aliphatic heterocycles. The van der Waals surface area contributed by atoms with Gasteiger partial charge in [-0.25, -0.2) is 9.79 Å². The first-order chi connectivity index (χ1) is 18.8. The van der Waals surface area contributed by atoms with Gasteiger partial charge in [0.05, 0.1) is 22.8 Å². The summed E-state index contributed by atoms with van der Waals surface area (Å²) in [7, 11) is 1.65. The zero-order valence-corrected chi connectivity index (χ0v) is 23.1. The number of nitrogens with zero attached hydrogens (tertiary/aromatic N) is 2. The molecular formula is C30H27ClN2O5S. The average molecular weight is 563 g/mol. The number of aromatic carboxylic acids is 1. The Balaban J connectivity index is 1.64. The van der Waals surface area contributed by atoms with Crippen molar-refractivity contribution in [1.29, 1.82) is 0 Å². The molecule has 0 bridgehead atoms. The fourth-order valence-corrected chi connectivity index (χ4v) is 5.04. The molecule has 1 N–H and O–H groups in total. The number of rotatable bonds is 10. The number of carboxylic acid groups (broad SMARTS) is 1. The predicted molar refractivity (Wildman–Crippen MR) is 156 cm³/mol. The Morgan fingerprint density at radius 1 is 1.13 bits per heavy atom. The number of hydrogen-bond acceptors (Lipinski definition) is 6. The third-order valence-electron chi connectivity index (χ3n) is 5.79. The number of ether oxygens (including phenoxy) is 2. The van der Waals surface area contributed by atoms with E-state index in [4.69, 9.17) is 26.2 Å². The van der Waals surface area contributed by atoms with Gasteiger partial charge in [0.25, 0.3) is 5.91 Å². The number of likely N-dealkylation sites (N-methyl/N-ethyl adjacent to an activating group) is 1. The van der Waals surface area contributed by atoms with E-state index in [1.54, 1.807) is 31.3 Å². The molecule has 3 aromatic carbocycles. The van der Waals surface area contributed by atoms with Crippen molar-refractivity contribution in [2.24, 2.45) is 4.99 Å². The van der Waals surface area contributed by atoms with Crippen molar-refractivity contribution in [3.63, 3.8) is 0 Å². The normalized spacial score (nSPS) is 15.2. The molecule has 200 valence electrons. The highest BCUT2D eigenvalue weighted by molar-refractivity contribution is 8.18. The fraction of sp³-hybridized carbons (Fsp3) is 0.167. The van der Waals surface area contributed by atoms with Crippen LogP contribution < -0.4 is 9.47 Å². The number of aliphatic imine (C=N–C) groups is 1. The monoisotopic (exact) mass is 562 g/mol. The number of thioether (sulfide) groups is 1. The van der Waals surface area contributed by atoms with Gasteiger partial charge in [-0.05, 0) is 79.2 Å². The minimum Gasteiger partial charge on any atom is -0.490 e. The van der Waals surface area contributed by atoms with Crippen LogP contribution >= 0.6 is 23.4 Å². The minimum atomic E-state index is -1.01. The molecule has 0 spiro atoms. The smallest absolute Gasteiger partial charge is 0.335 e. The summed E-state index contributed by atoms with van der Waals surface area (Å²) >= 11 is 7.56. The number of hydrogen-bond donors (Lipinski definition) is 1. The number of amides is 1. The molecule has 1 heterocycles. The van der Waals surface area contributed by atoms with Crippen LogP contribution in [0, 0.1) is 0 Å². The largest absolute Gasteiger partial charge is 0.490 e. The minimum absolute atomic E-state index is 0.169. The number of benzene rings is 3. The highest BCUT2D eigenvalue weighted by atomic mass is 35.5. The molecule has 1 saturated heterocycles. The van der Waals surface area contributed by atoms with Gasteiger partial charge >= 0.3 is 5.97 Å². The number of carboxylic acids is 1. The number of halogens is 1. The lowest BCUT2D eigenvalue weighted by atomic mass is 10.0. The summed E-state index contributed by atoms with van der Waals surface area (Å²) in [6, 6.07) is 17.5. The lowest BCUT2D eigenvalue weighted by Gasteiger charge is -2.17. The van der Waals surface area contributed by atoms with Crippen molar-refractivity contribution < 1.29 is 24.2 Å². The van der Waals surface area contributed by atoms with E-state index in [0.29, 0.717) is 45.3 Å². The Kier molecular flexibility index (Phi) is 9.11. The summed E-state index contributed by atoms with van der Waals surface area (Å²) in [5.74, 6) is -0.0342. The van der Waals surface area contributed by atoms with Crippen LogP contribution in [0.5, 0.6) is 11.5 Å². The van der Waals surface area contributed by atoms with Crippen LogP contribution in [0.3, 0.4) is 0 Å². The molecule has 1 aliphatic rings. The summed E-state index contributed by atoms with van der Waals surface area (Å²) in [5.41, 5.74) is 3.22. The molecule has 0 aromatic heterocycles. The van der Waals surface area contributed by atoms with Gasteiger partial charge in [-0.1, -0.05) is 35.9 Å². The van der Waals surface area contributed by atoms with Crippen molar-refractivity contribution in [2.45, 2.75) is 20.0 Å². The Labute approximate surface area is 236 Å². The van der Waals surface area contributed by atoms with Gasteiger partial charge in [0, 0.05) is 23.2 Å². The number of carbonyl (C=O) groups is 2. The van der Waals surface area contributed by atoms with E-state index in [0.717, 1.165) is 16.7 Å². The van der Waals surface area contributed by atoms with E-state index in [-0.39, 0.29) is 18.1 Å². The topological polar surface area (TPSA) is 88.4 Å². The fourth-order valence-electron chi connectivity index (χ4n) is 3.86. The Morgan fingerprint density at radius 2 is 1.87 bits per heavy atom. The van der Waals surface area contributed by atoms with Crippen LogP contribution in [0.4, 0.5) is 5.69 Å². The molecule has 7 nitrogen and oxygen atoms in total. The first-order valence-corrected chi connectivity index (χ1v) is 13.4. The first-order valence-electron chi connectivity index (χ1n) is 12.2. The SMILES string of the molecule is C=CCc1cc(/C=C2/SC(=Nc3ccc(C(=O)O)cc3)N(C)C2=O)cc(OCC)c1OCc1ccccc1Cl. The lowest BCUT2D eigenvalue weighted by molar-refractivity contribution is -0.121. The zero-order chi connectivity index (χ0) is 27.9. The molecular weight excluding hydrogens is 536 g/mol. The summed E-state index contributed by atoms with van der Waals surface area (Å²) in [5, 5.41) is 10.2. The Bertz CT molecular complexity index is 1470. The van der Waals surface area contributed by atoms with Crippen molar-refractivity contribution >= 4 is 52.2 Å². The van der Waals surface area contributed by atoms with E-state index in [1.807, 2.05) is 43.3 Å². The summed E-state index contributed by atoms with van der Waals surface area (Å²) in [6.07, 6.45) is 4.12. The van der Waals surface area contributed by atoms with Crippen LogP contribution in [0.1, 0.15) is 34.0 Å². The Morgan fingerprint density at radius 3 is 2.54 bits per heavy atom. The van der Waals surface area contributed by atoms with Crippen LogP contribution in [0.15, 0.2) is 83.2 Å². The predicted octanol–water partition coefficient (Wildman–Crippen LogP) is 6.98. The van der Waals surface area contributed by atoms with Crippen LogP contribution in [-0.4, -0.2) is 40.7 Å². The molecule has 0 atom stereocenters. The van der Waals surface area contributed by atoms with Crippen molar-refractivity contribution in [3.05, 3.63) is 106 Å². The summed E-state index contributed by atoms with van der Waals surface area (Å²) in [6.45, 7) is 6.48. The number of carbonyl (C=O) groups excluding carboxylic acids is 1. The Hall–Kier alpha value is -4.01. The molecule has 1 fully saturated rings. The quantitative estimate of drug-likeness (QED) is 0.212. The second-order valence-corrected chi connectivity index (χ2v) is 9.95. The van der Waals surface area contributed by atoms with Gasteiger partial charge in [0.1, 0.15) is 6.61 Å². The van der Waals surface area contributed by atoms with E-state index in [1.165, 1.54) is 28.8 Å². The molecule has 0 radical (unpaired) electrons. The first kappa shape index (κ1) is 28.0. The molecule has 39 heavy (non-hydrogen) atoms. The molecule has 0 saturated carbocycles.